The molecule has 4 heterocycles. The number of morpholine rings is 1. The van der Waals surface area contributed by atoms with Crippen molar-refractivity contribution in [1.29, 1.82) is 0 Å². The van der Waals surface area contributed by atoms with Crippen LogP contribution in [-0.2, 0) is 39.9 Å². The molecule has 0 bridgehead atoms. The highest BCUT2D eigenvalue weighted by atomic mass is 32.1. The number of ketones is 1. The average Bonchev–Trinajstić information content (AvgIpc) is 3.30. The SMILES string of the molecule is CCC(NC(=O)[C@H](Cc1cscn1)NC(=O)C(CC(C)C)NC(=O)C1=NOC(CN2CCOCC2)C1)C(=O)C1(C)CO1. The summed E-state index contributed by atoms with van der Waals surface area (Å²) in [6, 6.07) is -2.67. The Kier molecular flexibility index (Phi) is 11.0. The Morgan fingerprint density at radius 1 is 1.10 bits per heavy atom. The van der Waals surface area contributed by atoms with E-state index >= 15 is 0 Å². The van der Waals surface area contributed by atoms with E-state index in [1.807, 2.05) is 13.8 Å². The van der Waals surface area contributed by atoms with E-state index in [9.17, 15) is 19.2 Å². The molecule has 232 valence electrons. The molecule has 0 aliphatic carbocycles. The summed E-state index contributed by atoms with van der Waals surface area (Å²) in [4.78, 5) is 65.0. The van der Waals surface area contributed by atoms with Crippen LogP contribution in [0.15, 0.2) is 16.0 Å². The number of carbonyl (C=O) groups excluding carboxylic acids is 4. The summed E-state index contributed by atoms with van der Waals surface area (Å²) in [6.07, 6.45) is 0.947. The van der Waals surface area contributed by atoms with Crippen LogP contribution in [0.4, 0.5) is 0 Å². The first-order chi connectivity index (χ1) is 20.1. The Morgan fingerprint density at radius 2 is 1.79 bits per heavy atom. The summed E-state index contributed by atoms with van der Waals surface area (Å²) in [5.41, 5.74) is 1.62. The molecule has 3 amide bonds. The highest BCUT2D eigenvalue weighted by Crippen LogP contribution is 2.29. The van der Waals surface area contributed by atoms with Crippen LogP contribution >= 0.6 is 11.3 Å². The van der Waals surface area contributed by atoms with Crippen LogP contribution in [0.5, 0.6) is 0 Å². The second-order valence-electron chi connectivity index (χ2n) is 11.6. The van der Waals surface area contributed by atoms with Crippen LogP contribution in [0.1, 0.15) is 52.7 Å². The van der Waals surface area contributed by atoms with Gasteiger partial charge in [-0.05, 0) is 25.7 Å². The first-order valence-electron chi connectivity index (χ1n) is 14.6. The Morgan fingerprint density at radius 3 is 2.40 bits per heavy atom. The summed E-state index contributed by atoms with van der Waals surface area (Å²) in [6.45, 7) is 11.3. The predicted molar refractivity (Wildman–Crippen MR) is 155 cm³/mol. The number of amides is 3. The van der Waals surface area contributed by atoms with E-state index in [0.717, 1.165) is 13.1 Å². The maximum Gasteiger partial charge on any atom is 0.269 e. The van der Waals surface area contributed by atoms with Gasteiger partial charge in [-0.15, -0.1) is 11.3 Å². The van der Waals surface area contributed by atoms with Crippen molar-refractivity contribution in [2.24, 2.45) is 11.1 Å². The Balaban J connectivity index is 1.39. The van der Waals surface area contributed by atoms with Gasteiger partial charge in [0.1, 0.15) is 29.5 Å². The van der Waals surface area contributed by atoms with Crippen molar-refractivity contribution in [3.63, 3.8) is 0 Å². The fraction of sp³-hybridized carbons (Fsp3) is 0.714. The monoisotopic (exact) mass is 606 g/mol. The molecule has 4 rings (SSSR count). The molecule has 4 unspecified atom stereocenters. The quantitative estimate of drug-likeness (QED) is 0.240. The van der Waals surface area contributed by atoms with E-state index < -0.39 is 41.4 Å². The van der Waals surface area contributed by atoms with Gasteiger partial charge in [-0.2, -0.15) is 0 Å². The van der Waals surface area contributed by atoms with Crippen molar-refractivity contribution in [3.8, 4) is 0 Å². The van der Waals surface area contributed by atoms with E-state index in [4.69, 9.17) is 14.3 Å². The second kappa shape index (κ2) is 14.5. The van der Waals surface area contributed by atoms with E-state index in [1.54, 1.807) is 24.7 Å². The van der Waals surface area contributed by atoms with Gasteiger partial charge < -0.3 is 30.3 Å². The van der Waals surface area contributed by atoms with Crippen LogP contribution in [0.2, 0.25) is 0 Å². The molecule has 3 N–H and O–H groups in total. The maximum absolute atomic E-state index is 13.6. The molecular weight excluding hydrogens is 564 g/mol. The zero-order valence-electron chi connectivity index (χ0n) is 24.7. The van der Waals surface area contributed by atoms with E-state index in [1.165, 1.54) is 11.3 Å². The summed E-state index contributed by atoms with van der Waals surface area (Å²) >= 11 is 1.38. The lowest BCUT2D eigenvalue weighted by molar-refractivity contribution is -0.134. The van der Waals surface area contributed by atoms with Crippen molar-refractivity contribution < 1.29 is 33.5 Å². The molecule has 0 spiro atoms. The van der Waals surface area contributed by atoms with E-state index in [-0.39, 0.29) is 29.9 Å². The molecule has 2 saturated heterocycles. The molecular formula is C28H42N6O7S. The van der Waals surface area contributed by atoms with Gasteiger partial charge in [0.15, 0.2) is 5.78 Å². The van der Waals surface area contributed by atoms with Crippen molar-refractivity contribution in [2.45, 2.75) is 83.2 Å². The summed E-state index contributed by atoms with van der Waals surface area (Å²) in [7, 11) is 0. The van der Waals surface area contributed by atoms with Crippen molar-refractivity contribution in [1.82, 2.24) is 25.8 Å². The summed E-state index contributed by atoms with van der Waals surface area (Å²) in [5, 5.41) is 14.2. The predicted octanol–water partition coefficient (Wildman–Crippen LogP) is 0.431. The molecule has 14 heteroatoms. The third-order valence-corrected chi connectivity index (χ3v) is 8.19. The fourth-order valence-corrected chi connectivity index (χ4v) is 5.52. The Hall–Kier alpha value is -2.94. The topological polar surface area (TPSA) is 164 Å². The lowest BCUT2D eigenvalue weighted by Crippen LogP contribution is -2.57. The zero-order chi connectivity index (χ0) is 30.3. The third kappa shape index (κ3) is 8.79. The first-order valence-corrected chi connectivity index (χ1v) is 15.5. The minimum absolute atomic E-state index is 0.0732. The van der Waals surface area contributed by atoms with Crippen LogP contribution < -0.4 is 16.0 Å². The number of Topliss-reactive ketones (excluding diaryl/α,β-unsaturated/α-hetero) is 1. The molecule has 5 atom stereocenters. The lowest BCUT2D eigenvalue weighted by atomic mass is 9.98. The molecule has 0 saturated carbocycles. The van der Waals surface area contributed by atoms with E-state index in [0.29, 0.717) is 51.3 Å². The number of hydrogen-bond acceptors (Lipinski definition) is 11. The number of nitrogens with one attached hydrogen (secondary N) is 3. The average molecular weight is 607 g/mol. The minimum atomic E-state index is -1.01. The maximum atomic E-state index is 13.6. The summed E-state index contributed by atoms with van der Waals surface area (Å²) < 4.78 is 10.7. The molecule has 1 aromatic heterocycles. The number of ether oxygens (including phenoxy) is 2. The third-order valence-electron chi connectivity index (χ3n) is 7.56. The largest absolute Gasteiger partial charge is 0.390 e. The standard InChI is InChI=1S/C28H42N6O7S/c1-5-20(24(35)28(4)15-40-28)30-26(37)22(11-18-14-42-16-29-18)32-25(36)21(10-17(2)3)31-27(38)23-12-19(41-33-23)13-34-6-8-39-9-7-34/h14,16-17,19-22H,5-13,15H2,1-4H3,(H,30,37)(H,31,38)(H,32,36)/t19?,20?,21?,22-,28?/m0/s1. The molecule has 2 fully saturated rings. The summed E-state index contributed by atoms with van der Waals surface area (Å²) in [5.74, 6) is -1.61. The second-order valence-corrected chi connectivity index (χ2v) is 12.4. The molecule has 0 radical (unpaired) electrons. The van der Waals surface area contributed by atoms with Gasteiger partial charge >= 0.3 is 0 Å². The zero-order valence-corrected chi connectivity index (χ0v) is 25.5. The number of thiazole rings is 1. The Labute approximate surface area is 250 Å². The molecule has 42 heavy (non-hydrogen) atoms. The van der Waals surface area contributed by atoms with Crippen molar-refractivity contribution >= 4 is 40.6 Å². The highest BCUT2D eigenvalue weighted by Gasteiger charge is 2.50. The number of nitrogens with zero attached hydrogens (tertiary/aromatic N) is 3. The van der Waals surface area contributed by atoms with Gasteiger partial charge in [0.05, 0.1) is 37.1 Å². The smallest absolute Gasteiger partial charge is 0.269 e. The number of rotatable bonds is 15. The van der Waals surface area contributed by atoms with Gasteiger partial charge in [-0.1, -0.05) is 25.9 Å². The van der Waals surface area contributed by atoms with Gasteiger partial charge in [-0.25, -0.2) is 4.98 Å². The molecule has 3 aliphatic rings. The molecule has 3 aliphatic heterocycles. The molecule has 13 nitrogen and oxygen atoms in total. The fourth-order valence-electron chi connectivity index (χ4n) is 4.95. The minimum Gasteiger partial charge on any atom is -0.390 e. The Bertz CT molecular complexity index is 1130. The lowest BCUT2D eigenvalue weighted by Gasteiger charge is -2.28. The number of hydrogen-bond donors (Lipinski definition) is 3. The van der Waals surface area contributed by atoms with Crippen LogP contribution in [0.3, 0.4) is 0 Å². The van der Waals surface area contributed by atoms with E-state index in [2.05, 4.69) is 31.0 Å². The van der Waals surface area contributed by atoms with Crippen LogP contribution in [0.25, 0.3) is 0 Å². The van der Waals surface area contributed by atoms with Crippen molar-refractivity contribution in [3.05, 3.63) is 16.6 Å². The molecule has 1 aromatic rings. The highest BCUT2D eigenvalue weighted by molar-refractivity contribution is 7.07. The van der Waals surface area contributed by atoms with Crippen LogP contribution in [-0.4, -0.2) is 108 Å². The van der Waals surface area contributed by atoms with Gasteiger partial charge in [0.25, 0.3) is 5.91 Å². The van der Waals surface area contributed by atoms with Gasteiger partial charge in [-0.3, -0.25) is 24.1 Å². The number of aromatic nitrogens is 1. The first kappa shape index (κ1) is 32.0. The number of oxime groups is 1. The van der Waals surface area contributed by atoms with Gasteiger partial charge in [0, 0.05) is 37.9 Å². The van der Waals surface area contributed by atoms with Crippen molar-refractivity contribution in [2.75, 3.05) is 39.5 Å². The normalized spacial score (nSPS) is 24.2. The number of epoxide rings is 1. The molecule has 0 aromatic carbocycles. The van der Waals surface area contributed by atoms with Crippen LogP contribution in [0, 0.1) is 5.92 Å². The number of carbonyl (C=O) groups is 4. The van der Waals surface area contributed by atoms with Gasteiger partial charge in [0.2, 0.25) is 11.8 Å².